The number of benzene rings is 1. The van der Waals surface area contributed by atoms with Gasteiger partial charge >= 0.3 is 0 Å². The fraction of sp³-hybridized carbons (Fsp3) is 0.647. The first-order chi connectivity index (χ1) is 10.3. The third-order valence-corrected chi connectivity index (χ3v) is 3.69. The average molecular weight is 292 g/mol. The van der Waals surface area contributed by atoms with Crippen LogP contribution in [0, 0.1) is 6.92 Å². The fourth-order valence-electron chi connectivity index (χ4n) is 2.57. The van der Waals surface area contributed by atoms with Gasteiger partial charge in [0.2, 0.25) is 0 Å². The van der Waals surface area contributed by atoms with Crippen LogP contribution < -0.4 is 15.0 Å². The Kier molecular flexibility index (Phi) is 6.83. The summed E-state index contributed by atoms with van der Waals surface area (Å²) in [6.07, 6.45) is 2.11. The molecule has 0 unspecified atom stereocenters. The molecule has 0 amide bonds. The van der Waals surface area contributed by atoms with Crippen molar-refractivity contribution in [3.8, 4) is 5.75 Å². The summed E-state index contributed by atoms with van der Waals surface area (Å²) in [4.78, 5) is 2.44. The highest BCUT2D eigenvalue weighted by Crippen LogP contribution is 2.30. The predicted octanol–water partition coefficient (Wildman–Crippen LogP) is 2.60. The maximum atomic E-state index is 5.99. The number of hydrogen-bond donors (Lipinski definition) is 1. The molecule has 0 bridgehead atoms. The molecule has 118 valence electrons. The van der Waals surface area contributed by atoms with E-state index in [-0.39, 0.29) is 0 Å². The summed E-state index contributed by atoms with van der Waals surface area (Å²) in [7, 11) is 0. The van der Waals surface area contributed by atoms with Gasteiger partial charge in [-0.15, -0.1) is 0 Å². The minimum Gasteiger partial charge on any atom is -0.491 e. The lowest BCUT2D eigenvalue weighted by molar-refractivity contribution is 0.131. The van der Waals surface area contributed by atoms with E-state index in [4.69, 9.17) is 9.47 Å². The lowest BCUT2D eigenvalue weighted by atomic mass is 10.2. The zero-order valence-electron chi connectivity index (χ0n) is 13.4. The molecule has 1 aromatic rings. The highest BCUT2D eigenvalue weighted by molar-refractivity contribution is 5.60. The van der Waals surface area contributed by atoms with Gasteiger partial charge in [-0.3, -0.25) is 0 Å². The quantitative estimate of drug-likeness (QED) is 0.783. The van der Waals surface area contributed by atoms with Crippen molar-refractivity contribution in [1.29, 1.82) is 0 Å². The first-order valence-corrected chi connectivity index (χ1v) is 8.08. The number of ether oxygens (including phenoxy) is 2. The normalized spacial score (nSPS) is 15.8. The molecule has 1 saturated heterocycles. The molecule has 1 aliphatic rings. The van der Waals surface area contributed by atoms with Gasteiger partial charge < -0.3 is 19.7 Å². The van der Waals surface area contributed by atoms with E-state index in [0.717, 1.165) is 51.6 Å². The van der Waals surface area contributed by atoms with E-state index in [2.05, 4.69) is 35.3 Å². The van der Waals surface area contributed by atoms with Crippen LogP contribution in [0.3, 0.4) is 0 Å². The SMILES string of the molecule is CCOCCCOc1ccc(C)cc1N1CCCNCC1. The third kappa shape index (κ3) is 5.21. The molecule has 21 heavy (non-hydrogen) atoms. The average Bonchev–Trinajstić information content (AvgIpc) is 2.77. The van der Waals surface area contributed by atoms with Crippen molar-refractivity contribution < 1.29 is 9.47 Å². The second kappa shape index (κ2) is 8.90. The summed E-state index contributed by atoms with van der Waals surface area (Å²) in [6.45, 7) is 10.7. The zero-order valence-corrected chi connectivity index (χ0v) is 13.4. The number of nitrogens with one attached hydrogen (secondary N) is 1. The van der Waals surface area contributed by atoms with Gasteiger partial charge in [-0.2, -0.15) is 0 Å². The highest BCUT2D eigenvalue weighted by Gasteiger charge is 2.14. The highest BCUT2D eigenvalue weighted by atomic mass is 16.5. The number of rotatable bonds is 7. The second-order valence-corrected chi connectivity index (χ2v) is 5.46. The third-order valence-electron chi connectivity index (χ3n) is 3.69. The van der Waals surface area contributed by atoms with Crippen LogP contribution >= 0.6 is 0 Å². The molecule has 4 heteroatoms. The van der Waals surface area contributed by atoms with Crippen molar-refractivity contribution in [3.05, 3.63) is 23.8 Å². The van der Waals surface area contributed by atoms with Crippen molar-refractivity contribution in [2.45, 2.75) is 26.7 Å². The monoisotopic (exact) mass is 292 g/mol. The zero-order chi connectivity index (χ0) is 14.9. The van der Waals surface area contributed by atoms with Gasteiger partial charge in [-0.05, 0) is 44.5 Å². The fourth-order valence-corrected chi connectivity index (χ4v) is 2.57. The van der Waals surface area contributed by atoms with E-state index in [1.54, 1.807) is 0 Å². The van der Waals surface area contributed by atoms with Crippen LogP contribution in [0.2, 0.25) is 0 Å². The van der Waals surface area contributed by atoms with Crippen LogP contribution in [-0.4, -0.2) is 46.0 Å². The Balaban J connectivity index is 1.98. The molecule has 1 heterocycles. The van der Waals surface area contributed by atoms with Crippen LogP contribution in [-0.2, 0) is 4.74 Å². The van der Waals surface area contributed by atoms with E-state index >= 15 is 0 Å². The van der Waals surface area contributed by atoms with Crippen molar-refractivity contribution in [3.63, 3.8) is 0 Å². The Morgan fingerprint density at radius 2 is 2.10 bits per heavy atom. The molecule has 0 aromatic heterocycles. The molecule has 1 aromatic carbocycles. The number of aryl methyl sites for hydroxylation is 1. The van der Waals surface area contributed by atoms with Crippen molar-refractivity contribution >= 4 is 5.69 Å². The van der Waals surface area contributed by atoms with E-state index in [0.29, 0.717) is 6.61 Å². The second-order valence-electron chi connectivity index (χ2n) is 5.46. The Bertz CT molecular complexity index is 415. The summed E-state index contributed by atoms with van der Waals surface area (Å²) in [5, 5.41) is 3.45. The first kappa shape index (κ1) is 16.1. The standard InChI is InChI=1S/C17H28N2O2/c1-3-20-12-5-13-21-17-7-6-15(2)14-16(17)19-10-4-8-18-9-11-19/h6-7,14,18H,3-5,8-13H2,1-2H3. The molecule has 1 aliphatic heterocycles. The minimum atomic E-state index is 0.710. The van der Waals surface area contributed by atoms with Crippen LogP contribution in [0.15, 0.2) is 18.2 Å². The van der Waals surface area contributed by atoms with Crippen molar-refractivity contribution in [2.24, 2.45) is 0 Å². The van der Waals surface area contributed by atoms with Gasteiger partial charge in [-0.25, -0.2) is 0 Å². The number of hydrogen-bond acceptors (Lipinski definition) is 4. The first-order valence-electron chi connectivity index (χ1n) is 8.08. The Morgan fingerprint density at radius 3 is 2.95 bits per heavy atom. The molecule has 0 spiro atoms. The van der Waals surface area contributed by atoms with E-state index < -0.39 is 0 Å². The Labute approximate surface area is 128 Å². The molecule has 0 saturated carbocycles. The summed E-state index contributed by atoms with van der Waals surface area (Å²) in [5.74, 6) is 0.999. The van der Waals surface area contributed by atoms with Crippen LogP contribution in [0.5, 0.6) is 5.75 Å². The molecule has 4 nitrogen and oxygen atoms in total. The summed E-state index contributed by atoms with van der Waals surface area (Å²) in [6, 6.07) is 6.46. The van der Waals surface area contributed by atoms with Gasteiger partial charge in [0.15, 0.2) is 0 Å². The maximum Gasteiger partial charge on any atom is 0.142 e. The van der Waals surface area contributed by atoms with Gasteiger partial charge in [0.25, 0.3) is 0 Å². The summed E-state index contributed by atoms with van der Waals surface area (Å²) >= 11 is 0. The minimum absolute atomic E-state index is 0.710. The molecular weight excluding hydrogens is 264 g/mol. The number of nitrogens with zero attached hydrogens (tertiary/aromatic N) is 1. The topological polar surface area (TPSA) is 33.7 Å². The molecule has 0 radical (unpaired) electrons. The van der Waals surface area contributed by atoms with Crippen molar-refractivity contribution in [2.75, 3.05) is 50.9 Å². The van der Waals surface area contributed by atoms with E-state index in [1.165, 1.54) is 17.7 Å². The van der Waals surface area contributed by atoms with Crippen molar-refractivity contribution in [1.82, 2.24) is 5.32 Å². The maximum absolute atomic E-state index is 5.99. The molecular formula is C17H28N2O2. The van der Waals surface area contributed by atoms with Gasteiger partial charge in [0.1, 0.15) is 5.75 Å². The molecule has 1 fully saturated rings. The molecule has 1 N–H and O–H groups in total. The predicted molar refractivity (Wildman–Crippen MR) is 87.5 cm³/mol. The van der Waals surface area contributed by atoms with Crippen LogP contribution in [0.25, 0.3) is 0 Å². The molecule has 0 aliphatic carbocycles. The Hall–Kier alpha value is -1.26. The molecule has 0 atom stereocenters. The largest absolute Gasteiger partial charge is 0.491 e. The van der Waals surface area contributed by atoms with E-state index in [9.17, 15) is 0 Å². The van der Waals surface area contributed by atoms with Gasteiger partial charge in [0.05, 0.1) is 12.3 Å². The lowest BCUT2D eigenvalue weighted by Gasteiger charge is -2.25. The van der Waals surface area contributed by atoms with E-state index in [1.807, 2.05) is 6.92 Å². The molecule has 2 rings (SSSR count). The van der Waals surface area contributed by atoms with Crippen LogP contribution in [0.4, 0.5) is 5.69 Å². The Morgan fingerprint density at radius 1 is 1.19 bits per heavy atom. The van der Waals surface area contributed by atoms with Crippen LogP contribution in [0.1, 0.15) is 25.3 Å². The van der Waals surface area contributed by atoms with Gasteiger partial charge in [-0.1, -0.05) is 6.07 Å². The summed E-state index contributed by atoms with van der Waals surface area (Å²) < 4.78 is 11.3. The lowest BCUT2D eigenvalue weighted by Crippen LogP contribution is -2.28. The van der Waals surface area contributed by atoms with Gasteiger partial charge in [0, 0.05) is 39.3 Å². The number of anilines is 1. The smallest absolute Gasteiger partial charge is 0.142 e. The summed E-state index contributed by atoms with van der Waals surface area (Å²) in [5.41, 5.74) is 2.51.